The lowest BCUT2D eigenvalue weighted by Gasteiger charge is -2.41. The predicted octanol–water partition coefficient (Wildman–Crippen LogP) is 7.07. The molecule has 0 saturated carbocycles. The Morgan fingerprint density at radius 3 is 2.06 bits per heavy atom. The van der Waals surface area contributed by atoms with Crippen LogP contribution in [0.25, 0.3) is 33.2 Å². The molecule has 180 valence electrons. The molecule has 4 aromatic rings. The Morgan fingerprint density at radius 1 is 0.914 bits per heavy atom. The molecule has 3 aromatic carbocycles. The molecule has 0 aliphatic carbocycles. The Morgan fingerprint density at radius 2 is 1.49 bits per heavy atom. The molecule has 1 aliphatic rings. The molecule has 0 amide bonds. The quantitative estimate of drug-likeness (QED) is 0.292. The van der Waals surface area contributed by atoms with Crippen molar-refractivity contribution in [2.24, 2.45) is 0 Å². The molecule has 1 atom stereocenters. The SMILES string of the molecule is CC(C)(C)[Si](C)(C)OC1CCc2nc(=O)c3cc(-c4ccccc4)c(-c4ccccc4)cc3n2C1. The molecule has 0 fully saturated rings. The lowest BCUT2D eigenvalue weighted by atomic mass is 9.92. The van der Waals surface area contributed by atoms with Gasteiger partial charge in [-0.3, -0.25) is 4.79 Å². The predicted molar refractivity (Wildman–Crippen MR) is 147 cm³/mol. The van der Waals surface area contributed by atoms with E-state index in [2.05, 4.69) is 85.9 Å². The van der Waals surface area contributed by atoms with E-state index in [4.69, 9.17) is 4.43 Å². The van der Waals surface area contributed by atoms with Crippen molar-refractivity contribution in [1.29, 1.82) is 0 Å². The summed E-state index contributed by atoms with van der Waals surface area (Å²) < 4.78 is 9.03. The van der Waals surface area contributed by atoms with E-state index in [9.17, 15) is 4.79 Å². The zero-order valence-electron chi connectivity index (χ0n) is 21.3. The van der Waals surface area contributed by atoms with Gasteiger partial charge in [0.2, 0.25) is 0 Å². The summed E-state index contributed by atoms with van der Waals surface area (Å²) in [6.45, 7) is 12.2. The van der Waals surface area contributed by atoms with Crippen LogP contribution in [0.4, 0.5) is 0 Å². The monoisotopic (exact) mass is 482 g/mol. The first-order valence-corrected chi connectivity index (χ1v) is 15.4. The minimum Gasteiger partial charge on any atom is -0.412 e. The highest BCUT2D eigenvalue weighted by atomic mass is 28.4. The van der Waals surface area contributed by atoms with Crippen LogP contribution in [0.2, 0.25) is 18.1 Å². The Bertz CT molecular complexity index is 1420. The van der Waals surface area contributed by atoms with E-state index in [1.807, 2.05) is 30.3 Å². The van der Waals surface area contributed by atoms with Crippen molar-refractivity contribution in [2.45, 2.75) is 64.4 Å². The van der Waals surface area contributed by atoms with Crippen LogP contribution in [0.3, 0.4) is 0 Å². The first kappa shape index (κ1) is 23.7. The van der Waals surface area contributed by atoms with Gasteiger partial charge in [0.1, 0.15) is 5.82 Å². The molecule has 5 heteroatoms. The molecular formula is C30H34N2O2Si. The van der Waals surface area contributed by atoms with Crippen LogP contribution < -0.4 is 5.56 Å². The highest BCUT2D eigenvalue weighted by Crippen LogP contribution is 2.39. The highest BCUT2D eigenvalue weighted by Gasteiger charge is 2.40. The number of benzene rings is 3. The first-order chi connectivity index (χ1) is 16.6. The van der Waals surface area contributed by atoms with E-state index in [1.165, 1.54) is 0 Å². The van der Waals surface area contributed by atoms with Gasteiger partial charge in [-0.25, -0.2) is 0 Å². The molecule has 4 nitrogen and oxygen atoms in total. The van der Waals surface area contributed by atoms with Crippen molar-refractivity contribution in [1.82, 2.24) is 9.55 Å². The van der Waals surface area contributed by atoms with E-state index < -0.39 is 8.32 Å². The summed E-state index contributed by atoms with van der Waals surface area (Å²) in [5, 5.41) is 0.822. The molecule has 0 spiro atoms. The van der Waals surface area contributed by atoms with Gasteiger partial charge < -0.3 is 8.99 Å². The lowest BCUT2D eigenvalue weighted by molar-refractivity contribution is 0.138. The highest BCUT2D eigenvalue weighted by molar-refractivity contribution is 6.74. The molecule has 0 radical (unpaired) electrons. The zero-order chi connectivity index (χ0) is 24.8. The van der Waals surface area contributed by atoms with E-state index in [1.54, 1.807) is 0 Å². The number of fused-ring (bicyclic) bond motifs is 3. The second kappa shape index (κ2) is 8.88. The fourth-order valence-electron chi connectivity index (χ4n) is 4.74. The molecule has 35 heavy (non-hydrogen) atoms. The minimum absolute atomic E-state index is 0.130. The maximum atomic E-state index is 13.2. The molecule has 1 unspecified atom stereocenters. The Hall–Kier alpha value is -3.02. The number of nitrogens with zero attached hydrogens (tertiary/aromatic N) is 2. The van der Waals surface area contributed by atoms with Crippen LogP contribution in [0.15, 0.2) is 77.6 Å². The number of hydrogen-bond donors (Lipinski definition) is 0. The lowest BCUT2D eigenvalue weighted by Crippen LogP contribution is -2.46. The van der Waals surface area contributed by atoms with Gasteiger partial charge in [0.15, 0.2) is 8.32 Å². The van der Waals surface area contributed by atoms with Crippen molar-refractivity contribution >= 4 is 19.2 Å². The van der Waals surface area contributed by atoms with Gasteiger partial charge in [-0.2, -0.15) is 4.98 Å². The smallest absolute Gasteiger partial charge is 0.280 e. The summed E-state index contributed by atoms with van der Waals surface area (Å²) in [5.41, 5.74) is 5.20. The first-order valence-electron chi connectivity index (χ1n) is 12.5. The van der Waals surface area contributed by atoms with Crippen molar-refractivity contribution in [3.05, 3.63) is 89.0 Å². The van der Waals surface area contributed by atoms with Crippen molar-refractivity contribution in [2.75, 3.05) is 0 Å². The van der Waals surface area contributed by atoms with Crippen LogP contribution in [0.1, 0.15) is 33.0 Å². The third kappa shape index (κ3) is 4.51. The summed E-state index contributed by atoms with van der Waals surface area (Å²) in [6.07, 6.45) is 1.79. The van der Waals surface area contributed by atoms with Crippen molar-refractivity contribution in [3.8, 4) is 22.3 Å². The van der Waals surface area contributed by atoms with Gasteiger partial charge in [-0.15, -0.1) is 0 Å². The van der Waals surface area contributed by atoms with E-state index in [-0.39, 0.29) is 16.7 Å². The molecule has 0 bridgehead atoms. The van der Waals surface area contributed by atoms with Crippen molar-refractivity contribution < 1.29 is 4.43 Å². The average molecular weight is 483 g/mol. The van der Waals surface area contributed by atoms with Crippen LogP contribution in [0, 0.1) is 0 Å². The summed E-state index contributed by atoms with van der Waals surface area (Å²) in [5.74, 6) is 0.865. The van der Waals surface area contributed by atoms with Gasteiger partial charge >= 0.3 is 0 Å². The zero-order valence-corrected chi connectivity index (χ0v) is 22.3. The largest absolute Gasteiger partial charge is 0.412 e. The van der Waals surface area contributed by atoms with Gasteiger partial charge in [0, 0.05) is 13.0 Å². The van der Waals surface area contributed by atoms with E-state index in [0.29, 0.717) is 5.39 Å². The summed E-state index contributed by atoms with van der Waals surface area (Å²) >= 11 is 0. The fraction of sp³-hybridized carbons (Fsp3) is 0.333. The molecule has 1 aliphatic heterocycles. The van der Waals surface area contributed by atoms with Gasteiger partial charge in [0.05, 0.1) is 17.0 Å². The van der Waals surface area contributed by atoms with Gasteiger partial charge in [0.25, 0.3) is 5.56 Å². The topological polar surface area (TPSA) is 44.1 Å². The third-order valence-corrected chi connectivity index (χ3v) is 12.2. The summed E-state index contributed by atoms with van der Waals surface area (Å²) in [6, 6.07) is 24.9. The van der Waals surface area contributed by atoms with Crippen LogP contribution in [0.5, 0.6) is 0 Å². The number of aromatic nitrogens is 2. The second-order valence-corrected chi connectivity index (χ2v) is 15.9. The molecule has 0 N–H and O–H groups in total. The normalized spacial score (nSPS) is 16.3. The van der Waals surface area contributed by atoms with Crippen LogP contribution >= 0.6 is 0 Å². The van der Waals surface area contributed by atoms with Gasteiger partial charge in [-0.1, -0.05) is 81.4 Å². The molecule has 5 rings (SSSR count). The number of aryl methyl sites for hydroxylation is 1. The Kier molecular flexibility index (Phi) is 6.02. The van der Waals surface area contributed by atoms with E-state index in [0.717, 1.165) is 53.0 Å². The molecule has 0 saturated heterocycles. The van der Waals surface area contributed by atoms with Crippen LogP contribution in [-0.4, -0.2) is 24.0 Å². The van der Waals surface area contributed by atoms with Gasteiger partial charge in [-0.05, 0) is 58.9 Å². The molecule has 2 heterocycles. The maximum Gasteiger partial charge on any atom is 0.280 e. The summed E-state index contributed by atoms with van der Waals surface area (Å²) in [4.78, 5) is 17.7. The van der Waals surface area contributed by atoms with Crippen molar-refractivity contribution in [3.63, 3.8) is 0 Å². The molecular weight excluding hydrogens is 448 g/mol. The van der Waals surface area contributed by atoms with Crippen LogP contribution in [-0.2, 0) is 17.4 Å². The molecule has 1 aromatic heterocycles. The number of rotatable bonds is 4. The summed E-state index contributed by atoms with van der Waals surface area (Å²) in [7, 11) is -1.90. The number of hydrogen-bond acceptors (Lipinski definition) is 3. The average Bonchev–Trinajstić information content (AvgIpc) is 2.84. The van der Waals surface area contributed by atoms with E-state index >= 15 is 0 Å². The fourth-order valence-corrected chi connectivity index (χ4v) is 6.12. The standard InChI is InChI=1S/C30H34N2O2Si/c1-30(2,3)35(4,5)34-23-16-17-28-31-29(33)26-18-24(21-12-8-6-9-13-21)25(19-27(26)32(28)20-23)22-14-10-7-11-15-22/h6-15,18-19,23H,16-17,20H2,1-5H3. The Labute approximate surface area is 208 Å². The second-order valence-electron chi connectivity index (χ2n) is 11.1. The minimum atomic E-state index is -1.90. The Balaban J connectivity index is 1.68. The maximum absolute atomic E-state index is 13.2. The third-order valence-electron chi connectivity index (χ3n) is 7.71.